The van der Waals surface area contributed by atoms with Crippen LogP contribution in [0.1, 0.15) is 47.8 Å². The van der Waals surface area contributed by atoms with Crippen molar-refractivity contribution >= 4 is 17.3 Å². The Hall–Kier alpha value is -2.81. The number of fused-ring (bicyclic) bond motifs is 3. The number of hydrogen-bond acceptors (Lipinski definition) is 5. The molecule has 2 aliphatic heterocycles. The fourth-order valence-electron chi connectivity index (χ4n) is 4.28. The van der Waals surface area contributed by atoms with Gasteiger partial charge < -0.3 is 20.3 Å². The maximum absolute atomic E-state index is 14.0. The highest BCUT2D eigenvalue weighted by molar-refractivity contribution is 6.02. The van der Waals surface area contributed by atoms with E-state index in [1.807, 2.05) is 20.8 Å². The number of anilines is 2. The summed E-state index contributed by atoms with van der Waals surface area (Å²) in [5.41, 5.74) is -0.131. The molecule has 2 N–H and O–H groups in total. The molecule has 0 spiro atoms. The SMILES string of the molecule is Cc1cnc(OC(C)C)c(Nc2cc(C(F)(F)F)c3c(c2)[C@]2(C)CNCCN2C3=O)c1. The third-order valence-electron chi connectivity index (χ3n) is 5.67. The number of benzene rings is 1. The molecule has 4 rings (SSSR count). The number of nitrogens with zero attached hydrogens (tertiary/aromatic N) is 2. The van der Waals surface area contributed by atoms with Crippen molar-refractivity contribution in [3.8, 4) is 5.88 Å². The molecule has 0 bridgehead atoms. The van der Waals surface area contributed by atoms with E-state index in [2.05, 4.69) is 15.6 Å². The number of rotatable bonds is 4. The Labute approximate surface area is 178 Å². The van der Waals surface area contributed by atoms with Crippen LogP contribution in [0.25, 0.3) is 0 Å². The molecule has 1 aromatic heterocycles. The van der Waals surface area contributed by atoms with Crippen molar-refractivity contribution in [3.63, 3.8) is 0 Å². The van der Waals surface area contributed by atoms with Crippen molar-refractivity contribution in [1.82, 2.24) is 15.2 Å². The fraction of sp³-hybridized carbons (Fsp3) is 0.455. The number of alkyl halides is 3. The van der Waals surface area contributed by atoms with E-state index in [4.69, 9.17) is 4.74 Å². The molecule has 2 aromatic rings. The molecule has 1 amide bonds. The second-order valence-corrected chi connectivity index (χ2v) is 8.51. The van der Waals surface area contributed by atoms with Gasteiger partial charge in [-0.15, -0.1) is 0 Å². The van der Waals surface area contributed by atoms with Gasteiger partial charge in [0, 0.05) is 31.5 Å². The Kier molecular flexibility index (Phi) is 5.12. The largest absolute Gasteiger partial charge is 0.473 e. The van der Waals surface area contributed by atoms with Crippen LogP contribution in [0.3, 0.4) is 0 Å². The zero-order valence-electron chi connectivity index (χ0n) is 17.9. The number of aromatic nitrogens is 1. The van der Waals surface area contributed by atoms with Crippen molar-refractivity contribution in [1.29, 1.82) is 0 Å². The lowest BCUT2D eigenvalue weighted by Gasteiger charge is -2.40. The molecule has 0 aliphatic carbocycles. The van der Waals surface area contributed by atoms with Crippen LogP contribution in [-0.4, -0.2) is 41.5 Å². The summed E-state index contributed by atoms with van der Waals surface area (Å²) in [4.78, 5) is 18.7. The van der Waals surface area contributed by atoms with E-state index in [-0.39, 0.29) is 17.4 Å². The van der Waals surface area contributed by atoms with Gasteiger partial charge >= 0.3 is 6.18 Å². The van der Waals surface area contributed by atoms with Crippen molar-refractivity contribution in [2.75, 3.05) is 25.0 Å². The Bertz CT molecular complexity index is 1040. The molecule has 0 unspecified atom stereocenters. The Morgan fingerprint density at radius 3 is 2.71 bits per heavy atom. The number of nitrogens with one attached hydrogen (secondary N) is 2. The van der Waals surface area contributed by atoms with Crippen LogP contribution in [0.15, 0.2) is 24.4 Å². The van der Waals surface area contributed by atoms with E-state index < -0.39 is 23.2 Å². The van der Waals surface area contributed by atoms with Gasteiger partial charge in [0.05, 0.1) is 22.8 Å². The van der Waals surface area contributed by atoms with E-state index in [1.54, 1.807) is 25.3 Å². The predicted molar refractivity (Wildman–Crippen MR) is 111 cm³/mol. The normalized spacial score (nSPS) is 20.6. The molecular formula is C22H25F3N4O2. The molecular weight excluding hydrogens is 409 g/mol. The third kappa shape index (κ3) is 3.71. The van der Waals surface area contributed by atoms with Crippen LogP contribution >= 0.6 is 0 Å². The highest BCUT2D eigenvalue weighted by Crippen LogP contribution is 2.47. The zero-order valence-corrected chi connectivity index (χ0v) is 17.9. The van der Waals surface area contributed by atoms with E-state index in [1.165, 1.54) is 4.90 Å². The summed E-state index contributed by atoms with van der Waals surface area (Å²) in [6.45, 7) is 8.63. The van der Waals surface area contributed by atoms with Gasteiger partial charge in [0.2, 0.25) is 5.88 Å². The summed E-state index contributed by atoms with van der Waals surface area (Å²) >= 11 is 0. The number of hydrogen-bond donors (Lipinski definition) is 2. The molecule has 0 saturated carbocycles. The van der Waals surface area contributed by atoms with Gasteiger partial charge in [0.25, 0.3) is 5.91 Å². The zero-order chi connectivity index (χ0) is 22.6. The average Bonchev–Trinajstić information content (AvgIpc) is 2.90. The van der Waals surface area contributed by atoms with Crippen LogP contribution < -0.4 is 15.4 Å². The molecule has 166 valence electrons. The number of halogens is 3. The molecule has 1 atom stereocenters. The van der Waals surface area contributed by atoms with Gasteiger partial charge in [-0.2, -0.15) is 13.2 Å². The number of amides is 1. The first-order chi connectivity index (χ1) is 14.5. The lowest BCUT2D eigenvalue weighted by atomic mass is 9.88. The van der Waals surface area contributed by atoms with Gasteiger partial charge in [0.15, 0.2) is 0 Å². The maximum atomic E-state index is 14.0. The first kappa shape index (κ1) is 21.4. The molecule has 1 saturated heterocycles. The standard InChI is InChI=1S/C22H25F3N4O2/c1-12(2)31-19-17(7-13(3)10-27-19)28-14-8-15-18(16(9-14)22(23,24)25)20(30)29-6-5-26-11-21(15,29)4/h7-10,12,26,28H,5-6,11H2,1-4H3/t21-/m0/s1. The molecule has 1 fully saturated rings. The van der Waals surface area contributed by atoms with Crippen molar-refractivity contribution in [3.05, 3.63) is 46.6 Å². The Morgan fingerprint density at radius 1 is 1.29 bits per heavy atom. The first-order valence-corrected chi connectivity index (χ1v) is 10.2. The molecule has 9 heteroatoms. The molecule has 0 radical (unpaired) electrons. The molecule has 31 heavy (non-hydrogen) atoms. The number of carbonyl (C=O) groups excluding carboxylic acids is 1. The summed E-state index contributed by atoms with van der Waals surface area (Å²) < 4.78 is 47.7. The molecule has 1 aromatic carbocycles. The van der Waals surface area contributed by atoms with E-state index in [0.717, 1.165) is 11.6 Å². The quantitative estimate of drug-likeness (QED) is 0.755. The second-order valence-electron chi connectivity index (χ2n) is 8.51. The van der Waals surface area contributed by atoms with Crippen LogP contribution in [0.2, 0.25) is 0 Å². The number of aryl methyl sites for hydroxylation is 1. The van der Waals surface area contributed by atoms with E-state index in [0.29, 0.717) is 36.8 Å². The maximum Gasteiger partial charge on any atom is 0.417 e. The summed E-state index contributed by atoms with van der Waals surface area (Å²) in [7, 11) is 0. The predicted octanol–water partition coefficient (Wildman–Crippen LogP) is 4.21. The van der Waals surface area contributed by atoms with Crippen LogP contribution in [0.4, 0.5) is 24.5 Å². The fourth-order valence-corrected chi connectivity index (χ4v) is 4.28. The van der Waals surface area contributed by atoms with Gasteiger partial charge in [-0.3, -0.25) is 4.79 Å². The lowest BCUT2D eigenvalue weighted by molar-refractivity contribution is -0.137. The molecule has 6 nitrogen and oxygen atoms in total. The minimum Gasteiger partial charge on any atom is -0.473 e. The minimum absolute atomic E-state index is 0.153. The Morgan fingerprint density at radius 2 is 2.03 bits per heavy atom. The van der Waals surface area contributed by atoms with E-state index >= 15 is 0 Å². The second kappa shape index (κ2) is 7.40. The smallest absolute Gasteiger partial charge is 0.417 e. The van der Waals surface area contributed by atoms with Crippen LogP contribution in [0, 0.1) is 6.92 Å². The summed E-state index contributed by atoms with van der Waals surface area (Å²) in [6, 6.07) is 4.40. The van der Waals surface area contributed by atoms with Crippen molar-refractivity contribution in [2.24, 2.45) is 0 Å². The number of carbonyl (C=O) groups is 1. The summed E-state index contributed by atoms with van der Waals surface area (Å²) in [6.07, 6.45) is -3.18. The van der Waals surface area contributed by atoms with Crippen molar-refractivity contribution in [2.45, 2.75) is 45.5 Å². The van der Waals surface area contributed by atoms with Crippen LogP contribution in [-0.2, 0) is 11.7 Å². The number of ether oxygens (including phenoxy) is 1. The lowest BCUT2D eigenvalue weighted by Crippen LogP contribution is -2.55. The summed E-state index contributed by atoms with van der Waals surface area (Å²) in [5.74, 6) is -0.267. The summed E-state index contributed by atoms with van der Waals surface area (Å²) in [5, 5.41) is 6.25. The number of piperazine rings is 1. The van der Waals surface area contributed by atoms with Gasteiger partial charge in [0.1, 0.15) is 5.69 Å². The first-order valence-electron chi connectivity index (χ1n) is 10.2. The third-order valence-corrected chi connectivity index (χ3v) is 5.67. The van der Waals surface area contributed by atoms with Gasteiger partial charge in [-0.25, -0.2) is 4.98 Å². The van der Waals surface area contributed by atoms with E-state index in [9.17, 15) is 18.0 Å². The topological polar surface area (TPSA) is 66.5 Å². The molecule has 2 aliphatic rings. The van der Waals surface area contributed by atoms with Crippen molar-refractivity contribution < 1.29 is 22.7 Å². The van der Waals surface area contributed by atoms with Gasteiger partial charge in [-0.1, -0.05) is 0 Å². The monoisotopic (exact) mass is 434 g/mol. The number of pyridine rings is 1. The average molecular weight is 434 g/mol. The minimum atomic E-state index is -4.67. The van der Waals surface area contributed by atoms with Crippen LogP contribution in [0.5, 0.6) is 5.88 Å². The highest BCUT2D eigenvalue weighted by atomic mass is 19.4. The van der Waals surface area contributed by atoms with Gasteiger partial charge in [-0.05, 0) is 57.0 Å². The molecule has 3 heterocycles. The highest BCUT2D eigenvalue weighted by Gasteiger charge is 2.51. The Balaban J connectivity index is 1.85.